The molecular weight excluding hydrogens is 391 g/mol. The van der Waals surface area contributed by atoms with Crippen molar-refractivity contribution >= 4 is 33.4 Å². The van der Waals surface area contributed by atoms with Crippen molar-refractivity contribution < 1.29 is 18.7 Å². The summed E-state index contributed by atoms with van der Waals surface area (Å²) in [7, 11) is 0. The maximum atomic E-state index is 14.3. The van der Waals surface area contributed by atoms with Crippen LogP contribution in [0.1, 0.15) is 35.8 Å². The number of rotatable bonds is 5. The molecule has 29 heavy (non-hydrogen) atoms. The normalized spacial score (nSPS) is 16.9. The van der Waals surface area contributed by atoms with E-state index < -0.39 is 0 Å². The predicted octanol–water partition coefficient (Wildman–Crippen LogP) is 4.31. The molecule has 1 saturated heterocycles. The third-order valence-corrected chi connectivity index (χ3v) is 6.29. The summed E-state index contributed by atoms with van der Waals surface area (Å²) in [6, 6.07) is 10.4. The molecule has 1 aliphatic heterocycles. The lowest BCUT2D eigenvalue weighted by Gasteiger charge is -2.31. The second kappa shape index (κ2) is 8.37. The zero-order chi connectivity index (χ0) is 20.4. The zero-order valence-corrected chi connectivity index (χ0v) is 17.1. The van der Waals surface area contributed by atoms with Crippen molar-refractivity contribution in [3.63, 3.8) is 0 Å². The van der Waals surface area contributed by atoms with Gasteiger partial charge in [-0.2, -0.15) is 0 Å². The Morgan fingerprint density at radius 2 is 2.10 bits per heavy atom. The van der Waals surface area contributed by atoms with Crippen LogP contribution in [0.5, 0.6) is 0 Å². The second-order valence-corrected chi connectivity index (χ2v) is 8.13. The fraction of sp³-hybridized carbons (Fsp3) is 0.364. The summed E-state index contributed by atoms with van der Waals surface area (Å²) in [4.78, 5) is 28.2. The quantitative estimate of drug-likeness (QED) is 0.585. The highest BCUT2D eigenvalue weighted by molar-refractivity contribution is 7.16. The minimum Gasteiger partial charge on any atom is -0.466 e. The Morgan fingerprint density at radius 3 is 2.90 bits per heavy atom. The van der Waals surface area contributed by atoms with Crippen molar-refractivity contribution in [3.8, 4) is 0 Å². The van der Waals surface area contributed by atoms with Crippen molar-refractivity contribution in [3.05, 3.63) is 58.9 Å². The van der Waals surface area contributed by atoms with Crippen molar-refractivity contribution in [2.75, 3.05) is 19.7 Å². The van der Waals surface area contributed by atoms with E-state index in [1.165, 1.54) is 17.4 Å². The van der Waals surface area contributed by atoms with Crippen LogP contribution in [0.4, 0.5) is 4.39 Å². The van der Waals surface area contributed by atoms with Crippen molar-refractivity contribution in [1.82, 2.24) is 9.47 Å². The maximum absolute atomic E-state index is 14.3. The van der Waals surface area contributed by atoms with Crippen LogP contribution >= 0.6 is 11.3 Å². The highest BCUT2D eigenvalue weighted by Crippen LogP contribution is 2.29. The lowest BCUT2D eigenvalue weighted by molar-refractivity contribution is -0.149. The van der Waals surface area contributed by atoms with Crippen LogP contribution in [0, 0.1) is 11.7 Å². The number of halogens is 1. The lowest BCUT2D eigenvalue weighted by atomic mass is 9.98. The molecule has 0 unspecified atom stereocenters. The Kier molecular flexibility index (Phi) is 5.67. The Bertz CT molecular complexity index is 1040. The molecule has 1 aromatic carbocycles. The molecule has 152 valence electrons. The van der Waals surface area contributed by atoms with Gasteiger partial charge in [-0.05, 0) is 43.3 Å². The molecule has 0 spiro atoms. The van der Waals surface area contributed by atoms with E-state index in [1.54, 1.807) is 30.0 Å². The van der Waals surface area contributed by atoms with Gasteiger partial charge in [-0.1, -0.05) is 18.2 Å². The Labute approximate surface area is 172 Å². The van der Waals surface area contributed by atoms with Gasteiger partial charge in [0.1, 0.15) is 16.3 Å². The molecule has 1 amide bonds. The number of esters is 1. The number of nitrogens with zero attached hydrogens (tertiary/aromatic N) is 2. The molecule has 1 aliphatic rings. The first-order valence-corrected chi connectivity index (χ1v) is 10.7. The van der Waals surface area contributed by atoms with Crippen LogP contribution in [0.3, 0.4) is 0 Å². The Hall–Kier alpha value is -2.67. The number of aromatic nitrogens is 1. The fourth-order valence-electron chi connectivity index (χ4n) is 3.88. The van der Waals surface area contributed by atoms with Crippen molar-refractivity contribution in [1.29, 1.82) is 0 Å². The third kappa shape index (κ3) is 3.92. The summed E-state index contributed by atoms with van der Waals surface area (Å²) >= 11 is 1.53. The third-order valence-electron chi connectivity index (χ3n) is 5.34. The first-order chi connectivity index (χ1) is 14.1. The highest BCUT2D eigenvalue weighted by Gasteiger charge is 2.31. The van der Waals surface area contributed by atoms with E-state index in [0.717, 1.165) is 23.1 Å². The van der Waals surface area contributed by atoms with Gasteiger partial charge in [0.25, 0.3) is 5.91 Å². The molecule has 0 aliphatic carbocycles. The van der Waals surface area contributed by atoms with E-state index in [-0.39, 0.29) is 30.2 Å². The van der Waals surface area contributed by atoms with Crippen LogP contribution in [-0.4, -0.2) is 41.0 Å². The van der Waals surface area contributed by atoms with Crippen LogP contribution in [-0.2, 0) is 16.1 Å². The van der Waals surface area contributed by atoms with E-state index in [1.807, 2.05) is 22.1 Å². The van der Waals surface area contributed by atoms with Gasteiger partial charge in [-0.3, -0.25) is 9.59 Å². The lowest BCUT2D eigenvalue weighted by Crippen LogP contribution is -2.43. The molecule has 3 heterocycles. The maximum Gasteiger partial charge on any atom is 0.310 e. The number of ether oxygens (including phenoxy) is 1. The molecule has 7 heteroatoms. The van der Waals surface area contributed by atoms with Crippen LogP contribution < -0.4 is 0 Å². The number of thiophene rings is 1. The number of carbonyl (C=O) groups is 2. The van der Waals surface area contributed by atoms with Crippen molar-refractivity contribution in [2.45, 2.75) is 26.3 Å². The number of hydrogen-bond donors (Lipinski definition) is 0. The highest BCUT2D eigenvalue weighted by atomic mass is 32.1. The first-order valence-electron chi connectivity index (χ1n) is 9.84. The summed E-state index contributed by atoms with van der Waals surface area (Å²) in [6.07, 6.45) is 1.49. The molecule has 2 aromatic heterocycles. The number of benzene rings is 1. The monoisotopic (exact) mass is 414 g/mol. The van der Waals surface area contributed by atoms with Crippen LogP contribution in [0.15, 0.2) is 41.8 Å². The molecule has 0 bridgehead atoms. The van der Waals surface area contributed by atoms with E-state index >= 15 is 0 Å². The van der Waals surface area contributed by atoms with Gasteiger partial charge < -0.3 is 14.2 Å². The van der Waals surface area contributed by atoms with Gasteiger partial charge in [-0.15, -0.1) is 11.3 Å². The van der Waals surface area contributed by atoms with Gasteiger partial charge >= 0.3 is 5.97 Å². The van der Waals surface area contributed by atoms with Gasteiger partial charge in [0.05, 0.1) is 19.1 Å². The Morgan fingerprint density at radius 1 is 1.28 bits per heavy atom. The molecule has 5 nitrogen and oxygen atoms in total. The number of carbonyl (C=O) groups excluding carboxylic acids is 2. The average molecular weight is 415 g/mol. The van der Waals surface area contributed by atoms with Gasteiger partial charge in [0.2, 0.25) is 0 Å². The standard InChI is InChI=1S/C22H23FN2O3S/c1-2-28-22(27)17-7-5-10-24(13-17)20(26)19-12-15-9-11-29-21(15)25(19)14-16-6-3-4-8-18(16)23/h3-4,6,8-9,11-12,17H,2,5,7,10,13-14H2,1H3/t17-/m1/s1. The van der Waals surface area contributed by atoms with Crippen LogP contribution in [0.2, 0.25) is 0 Å². The zero-order valence-electron chi connectivity index (χ0n) is 16.3. The van der Waals surface area contributed by atoms with E-state index in [9.17, 15) is 14.0 Å². The average Bonchev–Trinajstić information content (AvgIpc) is 3.32. The number of hydrogen-bond acceptors (Lipinski definition) is 4. The van der Waals surface area contributed by atoms with E-state index in [2.05, 4.69) is 0 Å². The summed E-state index contributed by atoms with van der Waals surface area (Å²) in [5.74, 6) is -0.945. The molecule has 0 radical (unpaired) electrons. The smallest absolute Gasteiger partial charge is 0.310 e. The summed E-state index contributed by atoms with van der Waals surface area (Å²) < 4.78 is 21.3. The van der Waals surface area contributed by atoms with Crippen molar-refractivity contribution in [2.24, 2.45) is 5.92 Å². The predicted molar refractivity (Wildman–Crippen MR) is 111 cm³/mol. The number of amides is 1. The first kappa shape index (κ1) is 19.6. The van der Waals surface area contributed by atoms with E-state index in [4.69, 9.17) is 4.74 Å². The molecule has 0 N–H and O–H groups in total. The van der Waals surface area contributed by atoms with E-state index in [0.29, 0.717) is 31.0 Å². The summed E-state index contributed by atoms with van der Waals surface area (Å²) in [5, 5.41) is 2.93. The number of likely N-dealkylation sites (tertiary alicyclic amines) is 1. The topological polar surface area (TPSA) is 51.5 Å². The minimum absolute atomic E-state index is 0.126. The summed E-state index contributed by atoms with van der Waals surface area (Å²) in [6.45, 7) is 3.37. The minimum atomic E-state index is -0.288. The second-order valence-electron chi connectivity index (χ2n) is 7.23. The molecule has 4 rings (SSSR count). The largest absolute Gasteiger partial charge is 0.466 e. The van der Waals surface area contributed by atoms with Gasteiger partial charge in [-0.25, -0.2) is 4.39 Å². The van der Waals surface area contributed by atoms with Gasteiger partial charge in [0.15, 0.2) is 0 Å². The molecule has 1 atom stereocenters. The molecule has 3 aromatic rings. The summed E-state index contributed by atoms with van der Waals surface area (Å²) in [5.41, 5.74) is 1.06. The Balaban J connectivity index is 1.63. The fourth-order valence-corrected chi connectivity index (χ4v) is 4.78. The number of piperidine rings is 1. The number of fused-ring (bicyclic) bond motifs is 1. The van der Waals surface area contributed by atoms with Crippen LogP contribution in [0.25, 0.3) is 10.2 Å². The molecule has 0 saturated carbocycles. The SMILES string of the molecule is CCOC(=O)[C@@H]1CCCN(C(=O)c2cc3ccsc3n2Cc2ccccc2F)C1. The molecule has 1 fully saturated rings. The van der Waals surface area contributed by atoms with Gasteiger partial charge in [0, 0.05) is 24.0 Å². The molecular formula is C22H23FN2O3S.